The third-order valence-electron chi connectivity index (χ3n) is 4.10. The third kappa shape index (κ3) is 9.54. The Kier molecular flexibility index (Phi) is 10.7. The number of nitrogens with one attached hydrogen (secondary N) is 2. The van der Waals surface area contributed by atoms with Gasteiger partial charge >= 0.3 is 17.9 Å². The van der Waals surface area contributed by atoms with E-state index in [0.29, 0.717) is 6.42 Å². The predicted octanol–water partition coefficient (Wildman–Crippen LogP) is -0.856. The molecule has 4 unspecified atom stereocenters. The Labute approximate surface area is 156 Å². The van der Waals surface area contributed by atoms with Crippen LogP contribution in [0, 0.1) is 5.92 Å². The highest BCUT2D eigenvalue weighted by atomic mass is 16.4. The SMILES string of the molecule is CCC(C)C(N)C(=O)NC(CCC(=O)O)C(=O)NC(CCC(=O)O)C(=O)O. The maximum Gasteiger partial charge on any atom is 0.326 e. The van der Waals surface area contributed by atoms with Crippen LogP contribution in [-0.2, 0) is 24.0 Å². The zero-order valence-electron chi connectivity index (χ0n) is 15.3. The van der Waals surface area contributed by atoms with E-state index < -0.39 is 60.7 Å². The molecular weight excluding hydrogens is 362 g/mol. The number of rotatable bonds is 13. The van der Waals surface area contributed by atoms with Crippen molar-refractivity contribution in [3.63, 3.8) is 0 Å². The van der Waals surface area contributed by atoms with Crippen molar-refractivity contribution in [1.29, 1.82) is 0 Å². The number of carbonyl (C=O) groups is 5. The first-order valence-corrected chi connectivity index (χ1v) is 8.52. The Hall–Kier alpha value is -2.69. The standard InChI is InChI=1S/C16H27N3O8/c1-3-8(2)13(17)15(25)18-9(4-6-11(20)21)14(24)19-10(16(26)27)5-7-12(22)23/h8-10,13H,3-7,17H2,1-2H3,(H,18,25)(H,19,24)(H,20,21)(H,22,23)(H,26,27). The van der Waals surface area contributed by atoms with Crippen LogP contribution < -0.4 is 16.4 Å². The summed E-state index contributed by atoms with van der Waals surface area (Å²) in [5.41, 5.74) is 5.79. The number of carboxylic acids is 3. The first-order chi connectivity index (χ1) is 12.5. The second-order valence-electron chi connectivity index (χ2n) is 6.24. The lowest BCUT2D eigenvalue weighted by Gasteiger charge is -2.24. The van der Waals surface area contributed by atoms with E-state index in [1.807, 2.05) is 6.92 Å². The van der Waals surface area contributed by atoms with Crippen LogP contribution in [-0.4, -0.2) is 63.2 Å². The summed E-state index contributed by atoms with van der Waals surface area (Å²) in [5, 5.41) is 31.0. The highest BCUT2D eigenvalue weighted by Crippen LogP contribution is 2.07. The molecule has 0 saturated heterocycles. The van der Waals surface area contributed by atoms with Crippen molar-refractivity contribution < 1.29 is 39.3 Å². The van der Waals surface area contributed by atoms with Gasteiger partial charge in [0.1, 0.15) is 12.1 Å². The van der Waals surface area contributed by atoms with Gasteiger partial charge in [0.25, 0.3) is 0 Å². The number of carbonyl (C=O) groups excluding carboxylic acids is 2. The van der Waals surface area contributed by atoms with Crippen molar-refractivity contribution in [1.82, 2.24) is 10.6 Å². The Balaban J connectivity index is 5.15. The van der Waals surface area contributed by atoms with Gasteiger partial charge in [-0.25, -0.2) is 4.79 Å². The molecule has 27 heavy (non-hydrogen) atoms. The van der Waals surface area contributed by atoms with E-state index in [-0.39, 0.29) is 18.8 Å². The van der Waals surface area contributed by atoms with Gasteiger partial charge < -0.3 is 31.7 Å². The van der Waals surface area contributed by atoms with Crippen molar-refractivity contribution in [3.05, 3.63) is 0 Å². The fraction of sp³-hybridized carbons (Fsp3) is 0.688. The van der Waals surface area contributed by atoms with Crippen molar-refractivity contribution in [2.45, 2.75) is 64.1 Å². The van der Waals surface area contributed by atoms with Gasteiger partial charge in [-0.2, -0.15) is 0 Å². The van der Waals surface area contributed by atoms with E-state index in [0.717, 1.165) is 0 Å². The molecule has 0 bridgehead atoms. The van der Waals surface area contributed by atoms with Gasteiger partial charge in [-0.05, 0) is 18.8 Å². The van der Waals surface area contributed by atoms with E-state index in [4.69, 9.17) is 21.1 Å². The molecule has 0 aliphatic rings. The second kappa shape index (κ2) is 11.8. The number of aliphatic carboxylic acids is 3. The lowest BCUT2D eigenvalue weighted by atomic mass is 9.98. The number of nitrogens with two attached hydrogens (primary N) is 1. The minimum Gasteiger partial charge on any atom is -0.481 e. The monoisotopic (exact) mass is 389 g/mol. The smallest absolute Gasteiger partial charge is 0.326 e. The summed E-state index contributed by atoms with van der Waals surface area (Å²) in [6, 6.07) is -3.71. The van der Waals surface area contributed by atoms with Crippen LogP contribution in [0.1, 0.15) is 46.0 Å². The molecule has 0 aromatic heterocycles. The van der Waals surface area contributed by atoms with E-state index >= 15 is 0 Å². The first-order valence-electron chi connectivity index (χ1n) is 8.52. The van der Waals surface area contributed by atoms with Gasteiger partial charge in [0, 0.05) is 12.8 Å². The van der Waals surface area contributed by atoms with Crippen molar-refractivity contribution in [2.24, 2.45) is 11.7 Å². The largest absolute Gasteiger partial charge is 0.481 e. The molecular formula is C16H27N3O8. The fourth-order valence-corrected chi connectivity index (χ4v) is 2.11. The summed E-state index contributed by atoms with van der Waals surface area (Å²) < 4.78 is 0. The Morgan fingerprint density at radius 3 is 1.70 bits per heavy atom. The summed E-state index contributed by atoms with van der Waals surface area (Å²) in [5.74, 6) is -5.63. The number of hydrogen-bond donors (Lipinski definition) is 6. The topological polar surface area (TPSA) is 196 Å². The predicted molar refractivity (Wildman–Crippen MR) is 92.7 cm³/mol. The molecule has 2 amide bonds. The molecule has 4 atom stereocenters. The van der Waals surface area contributed by atoms with Crippen LogP contribution in [0.25, 0.3) is 0 Å². The summed E-state index contributed by atoms with van der Waals surface area (Å²) in [4.78, 5) is 57.1. The van der Waals surface area contributed by atoms with E-state index in [1.54, 1.807) is 6.92 Å². The fourth-order valence-electron chi connectivity index (χ4n) is 2.11. The zero-order chi connectivity index (χ0) is 21.1. The maximum atomic E-state index is 12.3. The van der Waals surface area contributed by atoms with Gasteiger partial charge in [-0.1, -0.05) is 20.3 Å². The Morgan fingerprint density at radius 1 is 0.852 bits per heavy atom. The molecule has 7 N–H and O–H groups in total. The van der Waals surface area contributed by atoms with Crippen LogP contribution >= 0.6 is 0 Å². The summed E-state index contributed by atoms with van der Waals surface area (Å²) >= 11 is 0. The number of amides is 2. The van der Waals surface area contributed by atoms with Crippen molar-refractivity contribution in [2.75, 3.05) is 0 Å². The Bertz CT molecular complexity index is 566. The maximum absolute atomic E-state index is 12.3. The number of carboxylic acid groups (broad SMARTS) is 3. The highest BCUT2D eigenvalue weighted by molar-refractivity contribution is 5.92. The van der Waals surface area contributed by atoms with E-state index in [1.165, 1.54) is 0 Å². The number of hydrogen-bond acceptors (Lipinski definition) is 6. The average molecular weight is 389 g/mol. The minimum atomic E-state index is -1.49. The van der Waals surface area contributed by atoms with Gasteiger partial charge in [0.2, 0.25) is 11.8 Å². The first kappa shape index (κ1) is 24.3. The molecule has 0 aromatic rings. The molecule has 11 heteroatoms. The summed E-state index contributed by atoms with van der Waals surface area (Å²) in [7, 11) is 0. The molecule has 0 radical (unpaired) electrons. The lowest BCUT2D eigenvalue weighted by molar-refractivity contribution is -0.144. The van der Waals surface area contributed by atoms with Crippen molar-refractivity contribution in [3.8, 4) is 0 Å². The molecule has 11 nitrogen and oxygen atoms in total. The molecule has 0 fully saturated rings. The molecule has 0 heterocycles. The minimum absolute atomic E-state index is 0.185. The molecule has 0 rings (SSSR count). The molecule has 0 aliphatic carbocycles. The van der Waals surface area contributed by atoms with Crippen LogP contribution in [0.2, 0.25) is 0 Å². The molecule has 0 aliphatic heterocycles. The van der Waals surface area contributed by atoms with Gasteiger partial charge in [0.15, 0.2) is 0 Å². The highest BCUT2D eigenvalue weighted by Gasteiger charge is 2.29. The normalized spacial score (nSPS) is 15.1. The average Bonchev–Trinajstić information content (AvgIpc) is 2.59. The third-order valence-corrected chi connectivity index (χ3v) is 4.10. The molecule has 0 aromatic carbocycles. The quantitative estimate of drug-likeness (QED) is 0.232. The van der Waals surface area contributed by atoms with Crippen LogP contribution in [0.4, 0.5) is 0 Å². The molecule has 0 spiro atoms. The zero-order valence-corrected chi connectivity index (χ0v) is 15.3. The van der Waals surface area contributed by atoms with Crippen LogP contribution in [0.5, 0.6) is 0 Å². The second-order valence-corrected chi connectivity index (χ2v) is 6.24. The van der Waals surface area contributed by atoms with Gasteiger partial charge in [-0.15, -0.1) is 0 Å². The molecule has 154 valence electrons. The molecule has 0 saturated carbocycles. The van der Waals surface area contributed by atoms with Crippen molar-refractivity contribution >= 4 is 29.7 Å². The summed E-state index contributed by atoms with van der Waals surface area (Å²) in [6.07, 6.45) is -0.948. The van der Waals surface area contributed by atoms with E-state index in [2.05, 4.69) is 10.6 Å². The van der Waals surface area contributed by atoms with Crippen LogP contribution in [0.15, 0.2) is 0 Å². The van der Waals surface area contributed by atoms with Gasteiger partial charge in [0.05, 0.1) is 6.04 Å². The van der Waals surface area contributed by atoms with Gasteiger partial charge in [-0.3, -0.25) is 19.2 Å². The lowest BCUT2D eigenvalue weighted by Crippen LogP contribution is -2.55. The van der Waals surface area contributed by atoms with Crippen LogP contribution in [0.3, 0.4) is 0 Å². The Morgan fingerprint density at radius 2 is 1.30 bits per heavy atom. The van der Waals surface area contributed by atoms with E-state index in [9.17, 15) is 24.0 Å². The summed E-state index contributed by atoms with van der Waals surface area (Å²) in [6.45, 7) is 3.56.